The Morgan fingerprint density at radius 3 is 2.45 bits per heavy atom. The lowest BCUT2D eigenvalue weighted by Crippen LogP contribution is -1.94. The van der Waals surface area contributed by atoms with E-state index in [-0.39, 0.29) is 5.82 Å². The Bertz CT molecular complexity index is 1550. The molecule has 0 aliphatic heterocycles. The van der Waals surface area contributed by atoms with Crippen LogP contribution in [0, 0.1) is 5.82 Å². The molecule has 4 aromatic heterocycles. The van der Waals surface area contributed by atoms with Gasteiger partial charge < -0.3 is 9.62 Å². The van der Waals surface area contributed by atoms with Crippen LogP contribution in [0.2, 0.25) is 0 Å². The van der Waals surface area contributed by atoms with E-state index in [2.05, 4.69) is 15.0 Å². The van der Waals surface area contributed by atoms with Gasteiger partial charge in [-0.25, -0.2) is 9.37 Å². The van der Waals surface area contributed by atoms with Crippen LogP contribution in [0.25, 0.3) is 50.8 Å². The molecule has 0 radical (unpaired) electrons. The van der Waals surface area contributed by atoms with Gasteiger partial charge in [0.15, 0.2) is 5.82 Å². The molecular formula is C23H14FN5O2. The van der Waals surface area contributed by atoms with E-state index in [1.165, 1.54) is 12.1 Å². The van der Waals surface area contributed by atoms with Gasteiger partial charge in [-0.05, 0) is 48.5 Å². The summed E-state index contributed by atoms with van der Waals surface area (Å²) in [6.45, 7) is 0. The fourth-order valence-corrected chi connectivity index (χ4v) is 3.77. The molecule has 8 heteroatoms. The zero-order valence-electron chi connectivity index (χ0n) is 16.0. The number of fused-ring (bicyclic) bond motifs is 2. The molecule has 0 aliphatic rings. The van der Waals surface area contributed by atoms with E-state index in [4.69, 9.17) is 4.42 Å². The van der Waals surface area contributed by atoms with Crippen LogP contribution in [0.1, 0.15) is 0 Å². The highest BCUT2D eigenvalue weighted by molar-refractivity contribution is 5.88. The molecule has 7 nitrogen and oxygen atoms in total. The molecule has 31 heavy (non-hydrogen) atoms. The Morgan fingerprint density at radius 2 is 1.65 bits per heavy atom. The van der Waals surface area contributed by atoms with Crippen molar-refractivity contribution in [1.29, 1.82) is 0 Å². The molecule has 0 saturated carbocycles. The molecule has 0 saturated heterocycles. The Morgan fingerprint density at radius 1 is 0.871 bits per heavy atom. The summed E-state index contributed by atoms with van der Waals surface area (Å²) >= 11 is 0. The molecule has 2 aromatic carbocycles. The molecule has 0 amide bonds. The van der Waals surface area contributed by atoms with E-state index in [9.17, 15) is 9.60 Å². The summed E-state index contributed by atoms with van der Waals surface area (Å²) in [6.07, 6.45) is 6.64. The molecule has 0 unspecified atom stereocenters. The maximum Gasteiger partial charge on any atom is 0.306 e. The van der Waals surface area contributed by atoms with Crippen LogP contribution in [-0.4, -0.2) is 29.3 Å². The second kappa shape index (κ2) is 6.53. The zero-order valence-corrected chi connectivity index (χ0v) is 16.0. The second-order valence-corrected chi connectivity index (χ2v) is 7.06. The Hall–Kier alpha value is -4.46. The summed E-state index contributed by atoms with van der Waals surface area (Å²) in [5.74, 6) is 0.543. The van der Waals surface area contributed by atoms with E-state index in [1.807, 2.05) is 16.5 Å². The van der Waals surface area contributed by atoms with Crippen molar-refractivity contribution >= 4 is 16.9 Å². The standard InChI is InChI=1S/C23H14FN5O2/c24-17-4-1-14(2-5-17)20-21(28-11-12-31-23(28)27-20)16-3-6-19-18(13-16)26-22(29(19)30)15-7-9-25-10-8-15/h1-13,30H. The van der Waals surface area contributed by atoms with E-state index in [0.717, 1.165) is 27.1 Å². The van der Waals surface area contributed by atoms with Crippen molar-refractivity contribution in [2.45, 2.75) is 0 Å². The number of nitrogens with zero attached hydrogens (tertiary/aromatic N) is 5. The SMILES string of the molecule is On1c(-c2ccncc2)nc2cc(-c3c(-c4ccc(F)cc4)nc4occn34)ccc21. The molecule has 0 spiro atoms. The van der Waals surface area contributed by atoms with Crippen molar-refractivity contribution in [3.63, 3.8) is 0 Å². The van der Waals surface area contributed by atoms with E-state index >= 15 is 0 Å². The molecule has 6 rings (SSSR count). The number of halogens is 1. The van der Waals surface area contributed by atoms with E-state index in [1.54, 1.807) is 55.2 Å². The summed E-state index contributed by atoms with van der Waals surface area (Å²) in [7, 11) is 0. The number of oxazole rings is 1. The van der Waals surface area contributed by atoms with Crippen LogP contribution < -0.4 is 0 Å². The lowest BCUT2D eigenvalue weighted by molar-refractivity contribution is 0.203. The predicted octanol–water partition coefficient (Wildman–Crippen LogP) is 5.05. The number of hydrogen-bond donors (Lipinski definition) is 1. The van der Waals surface area contributed by atoms with E-state index in [0.29, 0.717) is 28.4 Å². The summed E-state index contributed by atoms with van der Waals surface area (Å²) in [4.78, 5) is 13.2. The van der Waals surface area contributed by atoms with Gasteiger partial charge >= 0.3 is 5.84 Å². The van der Waals surface area contributed by atoms with E-state index < -0.39 is 0 Å². The van der Waals surface area contributed by atoms with Gasteiger partial charge in [-0.1, -0.05) is 6.07 Å². The average molecular weight is 411 g/mol. The molecule has 6 aromatic rings. The fraction of sp³-hybridized carbons (Fsp3) is 0. The maximum absolute atomic E-state index is 13.4. The van der Waals surface area contributed by atoms with Crippen molar-refractivity contribution in [3.05, 3.63) is 85.3 Å². The third-order valence-corrected chi connectivity index (χ3v) is 5.22. The van der Waals surface area contributed by atoms with Gasteiger partial charge in [0.2, 0.25) is 0 Å². The van der Waals surface area contributed by atoms with Crippen molar-refractivity contribution in [2.75, 3.05) is 0 Å². The van der Waals surface area contributed by atoms with Crippen LogP contribution >= 0.6 is 0 Å². The van der Waals surface area contributed by atoms with Gasteiger partial charge in [-0.15, -0.1) is 0 Å². The minimum atomic E-state index is -0.313. The third kappa shape index (κ3) is 2.69. The van der Waals surface area contributed by atoms with Gasteiger partial charge in [-0.3, -0.25) is 9.38 Å². The quantitative estimate of drug-likeness (QED) is 0.412. The second-order valence-electron chi connectivity index (χ2n) is 7.06. The largest absolute Gasteiger partial charge is 0.432 e. The van der Waals surface area contributed by atoms with Crippen molar-refractivity contribution in [3.8, 4) is 33.9 Å². The molecular weight excluding hydrogens is 397 g/mol. The molecule has 150 valence electrons. The lowest BCUT2D eigenvalue weighted by atomic mass is 10.0. The van der Waals surface area contributed by atoms with Crippen molar-refractivity contribution < 1.29 is 14.0 Å². The van der Waals surface area contributed by atoms with Gasteiger partial charge in [-0.2, -0.15) is 9.71 Å². The first-order chi connectivity index (χ1) is 15.2. The van der Waals surface area contributed by atoms with Crippen LogP contribution in [0.3, 0.4) is 0 Å². The van der Waals surface area contributed by atoms with Crippen LogP contribution in [0.4, 0.5) is 4.39 Å². The number of hydrogen-bond acceptors (Lipinski definition) is 5. The first-order valence-electron chi connectivity index (χ1n) is 9.53. The lowest BCUT2D eigenvalue weighted by Gasteiger charge is -2.05. The molecule has 1 N–H and O–H groups in total. The monoisotopic (exact) mass is 411 g/mol. The first-order valence-corrected chi connectivity index (χ1v) is 9.53. The molecule has 4 heterocycles. The molecule has 0 fully saturated rings. The topological polar surface area (TPSA) is 81.4 Å². The summed E-state index contributed by atoms with van der Waals surface area (Å²) in [5.41, 5.74) is 5.00. The Balaban J connectivity index is 1.56. The van der Waals surface area contributed by atoms with Crippen LogP contribution in [-0.2, 0) is 0 Å². The summed E-state index contributed by atoms with van der Waals surface area (Å²) in [6, 6.07) is 15.3. The van der Waals surface area contributed by atoms with Gasteiger partial charge in [0.1, 0.15) is 23.3 Å². The highest BCUT2D eigenvalue weighted by Gasteiger charge is 2.20. The van der Waals surface area contributed by atoms with Gasteiger partial charge in [0, 0.05) is 35.3 Å². The fourth-order valence-electron chi connectivity index (χ4n) is 3.77. The predicted molar refractivity (Wildman–Crippen MR) is 112 cm³/mol. The average Bonchev–Trinajstić information content (AvgIpc) is 3.48. The number of pyridine rings is 1. The zero-order chi connectivity index (χ0) is 20.9. The van der Waals surface area contributed by atoms with Crippen LogP contribution in [0.5, 0.6) is 0 Å². The van der Waals surface area contributed by atoms with Crippen molar-refractivity contribution in [2.24, 2.45) is 0 Å². The molecule has 0 bridgehead atoms. The third-order valence-electron chi connectivity index (χ3n) is 5.22. The highest BCUT2D eigenvalue weighted by atomic mass is 19.1. The number of rotatable bonds is 3. The molecule has 0 atom stereocenters. The minimum Gasteiger partial charge on any atom is -0.432 e. The normalized spacial score (nSPS) is 11.5. The number of aromatic nitrogens is 5. The molecule has 0 aliphatic carbocycles. The Labute approximate surface area is 174 Å². The van der Waals surface area contributed by atoms with Gasteiger partial charge in [0.05, 0.1) is 11.2 Å². The highest BCUT2D eigenvalue weighted by Crippen LogP contribution is 2.35. The van der Waals surface area contributed by atoms with Gasteiger partial charge in [0.25, 0.3) is 0 Å². The summed E-state index contributed by atoms with van der Waals surface area (Å²) in [5, 5.41) is 10.6. The minimum absolute atomic E-state index is 0.313. The maximum atomic E-state index is 13.4. The smallest absolute Gasteiger partial charge is 0.306 e. The van der Waals surface area contributed by atoms with Crippen molar-refractivity contribution in [1.82, 2.24) is 24.1 Å². The Kier molecular flexibility index (Phi) is 3.66. The van der Waals surface area contributed by atoms with Crippen LogP contribution in [0.15, 0.2) is 83.9 Å². The first kappa shape index (κ1) is 17.4. The summed E-state index contributed by atoms with van der Waals surface area (Å²) < 4.78 is 21.8. The number of imidazole rings is 2. The number of benzene rings is 2.